The second-order valence-corrected chi connectivity index (χ2v) is 19.9. The van der Waals surface area contributed by atoms with Crippen molar-refractivity contribution in [1.82, 2.24) is 0 Å². The Balaban J connectivity index is 0.966. The lowest BCUT2D eigenvalue weighted by Gasteiger charge is -2.30. The third-order valence-corrected chi connectivity index (χ3v) is 14.7. The molecule has 0 saturated carbocycles. The Morgan fingerprint density at radius 3 is 2.25 bits per heavy atom. The summed E-state index contributed by atoms with van der Waals surface area (Å²) in [7, 11) is 6.59. The molecule has 0 aromatic heterocycles. The highest BCUT2D eigenvalue weighted by atomic mass is 33.1. The van der Waals surface area contributed by atoms with E-state index in [-0.39, 0.29) is 41.9 Å². The quantitative estimate of drug-likeness (QED) is 0.0921. The zero-order valence-corrected chi connectivity index (χ0v) is 37.6. The molecule has 9 rings (SSSR count). The van der Waals surface area contributed by atoms with Gasteiger partial charge in [0.2, 0.25) is 5.91 Å². The predicted octanol–water partition coefficient (Wildman–Crippen LogP) is 9.51. The van der Waals surface area contributed by atoms with E-state index in [4.69, 9.17) is 23.9 Å². The monoisotopic (exact) mass is 885 g/mol. The highest BCUT2D eigenvalue weighted by molar-refractivity contribution is 8.76. The molecular weight excluding hydrogens is 835 g/mol. The molecule has 326 valence electrons. The molecule has 12 nitrogen and oxygen atoms in total. The van der Waals surface area contributed by atoms with Crippen molar-refractivity contribution in [2.24, 2.45) is 4.99 Å². The standard InChI is InChI=1S/C49H51N5O7S2/c1-49(2,63-62-5)15-14-46(55)52-33-17-29(27-60-44-23-38-36(21-42(44)58-3)47(56)53-34(25-50-38)19-31-10-6-8-12-40(31)53)16-30(18-33)28-61-45-24-39-37(22-43(45)59-4)48(57)54-35(26-51-39)20-32-11-7-9-13-41(32)54/h6-13,16-18,21-25,34-35,48,51,57H,14-15,19-20,26-28H2,1-5H3,(H,52,55)/t34-,35-,48?/m0/s1. The number of nitrogens with zero attached hydrogens (tertiary/aromatic N) is 3. The first-order valence-corrected chi connectivity index (χ1v) is 23.7. The summed E-state index contributed by atoms with van der Waals surface area (Å²) in [6.45, 7) is 5.20. The van der Waals surface area contributed by atoms with Gasteiger partial charge in [0.05, 0.1) is 37.6 Å². The van der Waals surface area contributed by atoms with Crippen LogP contribution in [0.3, 0.4) is 0 Å². The number of amides is 2. The van der Waals surface area contributed by atoms with Crippen molar-refractivity contribution in [1.29, 1.82) is 0 Å². The fourth-order valence-corrected chi connectivity index (χ4v) is 11.2. The first-order chi connectivity index (χ1) is 30.5. The van der Waals surface area contributed by atoms with Crippen LogP contribution >= 0.6 is 21.6 Å². The molecule has 3 atom stereocenters. The second kappa shape index (κ2) is 17.7. The van der Waals surface area contributed by atoms with Crippen molar-refractivity contribution in [3.63, 3.8) is 0 Å². The third kappa shape index (κ3) is 8.63. The predicted molar refractivity (Wildman–Crippen MR) is 253 cm³/mol. The van der Waals surface area contributed by atoms with E-state index in [0.29, 0.717) is 71.3 Å². The Bertz CT molecular complexity index is 2600. The third-order valence-electron chi connectivity index (χ3n) is 12.0. The Hall–Kier alpha value is -5.83. The van der Waals surface area contributed by atoms with Crippen molar-refractivity contribution in [2.75, 3.05) is 47.5 Å². The Kier molecular flexibility index (Phi) is 12.0. The molecule has 0 bridgehead atoms. The number of rotatable bonds is 14. The summed E-state index contributed by atoms with van der Waals surface area (Å²) < 4.78 is 24.5. The summed E-state index contributed by atoms with van der Waals surface area (Å²) in [5, 5.41) is 18.4. The molecule has 5 aromatic rings. The van der Waals surface area contributed by atoms with E-state index >= 15 is 0 Å². The van der Waals surface area contributed by atoms with Gasteiger partial charge in [-0.3, -0.25) is 19.5 Å². The molecule has 0 spiro atoms. The van der Waals surface area contributed by atoms with Gasteiger partial charge < -0.3 is 39.6 Å². The smallest absolute Gasteiger partial charge is 0.261 e. The summed E-state index contributed by atoms with van der Waals surface area (Å²) in [6.07, 6.45) is 5.60. The number of anilines is 4. The Morgan fingerprint density at radius 1 is 0.873 bits per heavy atom. The Morgan fingerprint density at radius 2 is 1.54 bits per heavy atom. The van der Waals surface area contributed by atoms with Gasteiger partial charge in [-0.1, -0.05) is 58.0 Å². The molecule has 4 aliphatic heterocycles. The largest absolute Gasteiger partial charge is 0.493 e. The van der Waals surface area contributed by atoms with E-state index in [1.165, 1.54) is 5.56 Å². The maximum Gasteiger partial charge on any atom is 0.261 e. The van der Waals surface area contributed by atoms with Gasteiger partial charge in [0.25, 0.3) is 5.91 Å². The molecule has 0 fully saturated rings. The van der Waals surface area contributed by atoms with Crippen LogP contribution in [0, 0.1) is 0 Å². The van der Waals surface area contributed by atoms with Crippen molar-refractivity contribution >= 4 is 68.1 Å². The normalized spacial score (nSPS) is 18.1. The van der Waals surface area contributed by atoms with E-state index in [1.807, 2.05) is 79.2 Å². The SMILES string of the molecule is COc1cc2c(cc1OCc1cc(COc3cc4c(cc3OC)C(O)N3c5ccccc5C[C@H]3CN4)cc(NC(=O)CCC(C)(C)SSC)c1)N=C[C@@H]1Cc3ccccc3N1C2=O. The van der Waals surface area contributed by atoms with E-state index in [0.717, 1.165) is 40.2 Å². The number of aliphatic hydroxyl groups excluding tert-OH is 1. The molecule has 1 unspecified atom stereocenters. The number of carbonyl (C=O) groups excluding carboxylic acids is 2. The van der Waals surface area contributed by atoms with Gasteiger partial charge in [0.15, 0.2) is 29.2 Å². The minimum atomic E-state index is -0.875. The fraction of sp³-hybridized carbons (Fsp3) is 0.327. The first kappa shape index (κ1) is 42.5. The number of carbonyl (C=O) groups is 2. The fourth-order valence-electron chi connectivity index (χ4n) is 9.00. The van der Waals surface area contributed by atoms with Gasteiger partial charge in [-0.25, -0.2) is 0 Å². The highest BCUT2D eigenvalue weighted by Crippen LogP contribution is 2.46. The number of fused-ring (bicyclic) bond motifs is 8. The molecule has 5 aromatic carbocycles. The number of benzene rings is 5. The Labute approximate surface area is 375 Å². The maximum absolute atomic E-state index is 14.0. The molecule has 0 saturated heterocycles. The van der Waals surface area contributed by atoms with Gasteiger partial charge in [-0.15, -0.1) is 0 Å². The van der Waals surface area contributed by atoms with Crippen molar-refractivity contribution in [3.8, 4) is 23.0 Å². The molecule has 2 amide bonds. The lowest BCUT2D eigenvalue weighted by Crippen LogP contribution is -2.37. The van der Waals surface area contributed by atoms with Crippen LogP contribution in [0.5, 0.6) is 23.0 Å². The molecule has 63 heavy (non-hydrogen) atoms. The topological polar surface area (TPSA) is 134 Å². The average molecular weight is 886 g/mol. The van der Waals surface area contributed by atoms with Gasteiger partial charge in [-0.2, -0.15) is 0 Å². The van der Waals surface area contributed by atoms with Crippen molar-refractivity contribution in [3.05, 3.63) is 124 Å². The zero-order valence-electron chi connectivity index (χ0n) is 36.0. The summed E-state index contributed by atoms with van der Waals surface area (Å²) >= 11 is 0. The maximum atomic E-state index is 14.0. The number of methoxy groups -OCH3 is 2. The van der Waals surface area contributed by atoms with Gasteiger partial charge in [0, 0.05) is 70.8 Å². The summed E-state index contributed by atoms with van der Waals surface area (Å²) in [5.74, 6) is 1.59. The number of para-hydroxylation sites is 2. The van der Waals surface area contributed by atoms with Crippen LogP contribution in [0.2, 0.25) is 0 Å². The van der Waals surface area contributed by atoms with Crippen LogP contribution in [0.1, 0.15) is 71.1 Å². The van der Waals surface area contributed by atoms with Gasteiger partial charge >= 0.3 is 0 Å². The molecule has 0 radical (unpaired) electrons. The van der Waals surface area contributed by atoms with E-state index in [9.17, 15) is 14.7 Å². The number of ether oxygens (including phenoxy) is 4. The molecule has 4 aliphatic rings. The molecule has 14 heteroatoms. The van der Waals surface area contributed by atoms with Crippen LogP contribution in [-0.4, -0.2) is 67.0 Å². The molecule has 3 N–H and O–H groups in total. The van der Waals surface area contributed by atoms with Crippen molar-refractivity contribution in [2.45, 2.75) is 75.8 Å². The van der Waals surface area contributed by atoms with E-state index < -0.39 is 6.23 Å². The number of aliphatic hydroxyl groups is 1. The first-order valence-electron chi connectivity index (χ1n) is 21.1. The molecule has 4 heterocycles. The minimum absolute atomic E-state index is 0.0633. The van der Waals surface area contributed by atoms with Crippen LogP contribution in [0.25, 0.3) is 0 Å². The van der Waals surface area contributed by atoms with Crippen LogP contribution in [-0.2, 0) is 30.8 Å². The van der Waals surface area contributed by atoms with E-state index in [2.05, 4.69) is 41.5 Å². The number of hydrogen-bond acceptors (Lipinski definition) is 12. The summed E-state index contributed by atoms with van der Waals surface area (Å²) in [6, 6.07) is 29.0. The van der Waals surface area contributed by atoms with Gasteiger partial charge in [-0.05, 0) is 97.7 Å². The second-order valence-electron chi connectivity index (χ2n) is 16.8. The molecule has 0 aliphatic carbocycles. The summed E-state index contributed by atoms with van der Waals surface area (Å²) in [4.78, 5) is 36.0. The van der Waals surface area contributed by atoms with Crippen LogP contribution < -0.4 is 39.4 Å². The highest BCUT2D eigenvalue weighted by Gasteiger charge is 2.39. The van der Waals surface area contributed by atoms with Crippen LogP contribution in [0.4, 0.5) is 28.4 Å². The van der Waals surface area contributed by atoms with E-state index in [1.54, 1.807) is 52.8 Å². The molecular formula is C49H51N5O7S2. The lowest BCUT2D eigenvalue weighted by atomic mass is 10.1. The van der Waals surface area contributed by atoms with Crippen molar-refractivity contribution < 1.29 is 33.6 Å². The van der Waals surface area contributed by atoms with Crippen LogP contribution in [0.15, 0.2) is 96.0 Å². The zero-order chi connectivity index (χ0) is 43.8. The van der Waals surface area contributed by atoms with Gasteiger partial charge in [0.1, 0.15) is 13.2 Å². The average Bonchev–Trinajstić information content (AvgIpc) is 3.77. The number of aliphatic imine (C=N–C) groups is 1. The lowest BCUT2D eigenvalue weighted by molar-refractivity contribution is -0.116. The number of nitrogens with one attached hydrogen (secondary N) is 2. The minimum Gasteiger partial charge on any atom is -0.493 e. The number of hydrogen-bond donors (Lipinski definition) is 3. The summed E-state index contributed by atoms with van der Waals surface area (Å²) in [5.41, 5.74) is 8.84.